The van der Waals surface area contributed by atoms with Gasteiger partial charge < -0.3 is 10.6 Å². The summed E-state index contributed by atoms with van der Waals surface area (Å²) in [5.74, 6) is 1.55. The molecule has 0 unspecified atom stereocenters. The molecular formula is C12H16N6. The maximum absolute atomic E-state index is 4.13. The molecule has 2 aromatic heterocycles. The van der Waals surface area contributed by atoms with Gasteiger partial charge in [0.15, 0.2) is 17.4 Å². The third-order valence-electron chi connectivity index (χ3n) is 2.44. The number of hydrogen-bond acceptors (Lipinski definition) is 3. The van der Waals surface area contributed by atoms with Crippen LogP contribution in [0.3, 0.4) is 0 Å². The minimum atomic E-state index is 0.558. The minimum absolute atomic E-state index is 0.558. The molecule has 0 aliphatic heterocycles. The number of nitrogens with zero attached hydrogens (tertiary/aromatic N) is 4. The second-order valence-electron chi connectivity index (χ2n) is 3.64. The zero-order chi connectivity index (χ0) is 12.8. The van der Waals surface area contributed by atoms with Crippen LogP contribution in [0, 0.1) is 0 Å². The summed E-state index contributed by atoms with van der Waals surface area (Å²) < 4.78 is 1.94. The monoisotopic (exact) mass is 244 g/mol. The number of pyridine rings is 1. The predicted molar refractivity (Wildman–Crippen MR) is 71.4 cm³/mol. The summed E-state index contributed by atoms with van der Waals surface area (Å²) in [6.07, 6.45) is 3.71. The van der Waals surface area contributed by atoms with Crippen molar-refractivity contribution in [1.82, 2.24) is 25.2 Å². The van der Waals surface area contributed by atoms with Crippen LogP contribution in [0.25, 0.3) is 5.65 Å². The molecule has 0 aliphatic carbocycles. The largest absolute Gasteiger partial charge is 0.353 e. The second-order valence-corrected chi connectivity index (χ2v) is 3.64. The van der Waals surface area contributed by atoms with Crippen LogP contribution in [0.5, 0.6) is 0 Å². The van der Waals surface area contributed by atoms with Crippen molar-refractivity contribution in [3.63, 3.8) is 0 Å². The number of aliphatic imine (C=N–C) groups is 1. The molecule has 6 nitrogen and oxygen atoms in total. The van der Waals surface area contributed by atoms with E-state index in [1.165, 1.54) is 0 Å². The Labute approximate surface area is 105 Å². The quantitative estimate of drug-likeness (QED) is 0.469. The average molecular weight is 244 g/mol. The molecule has 0 aromatic carbocycles. The van der Waals surface area contributed by atoms with E-state index in [1.54, 1.807) is 13.1 Å². The first-order chi connectivity index (χ1) is 8.85. The third-order valence-corrected chi connectivity index (χ3v) is 2.44. The Morgan fingerprint density at radius 2 is 2.33 bits per heavy atom. The molecule has 0 radical (unpaired) electrons. The Balaban J connectivity index is 2.03. The van der Waals surface area contributed by atoms with Crippen molar-refractivity contribution < 1.29 is 0 Å². The van der Waals surface area contributed by atoms with Crippen molar-refractivity contribution in [3.05, 3.63) is 42.9 Å². The van der Waals surface area contributed by atoms with Crippen molar-refractivity contribution in [1.29, 1.82) is 0 Å². The molecule has 2 heterocycles. The van der Waals surface area contributed by atoms with Gasteiger partial charge in [-0.25, -0.2) is 0 Å². The molecule has 0 saturated heterocycles. The first-order valence-corrected chi connectivity index (χ1v) is 5.69. The van der Waals surface area contributed by atoms with E-state index in [4.69, 9.17) is 0 Å². The van der Waals surface area contributed by atoms with Crippen LogP contribution in [-0.4, -0.2) is 34.2 Å². The summed E-state index contributed by atoms with van der Waals surface area (Å²) in [5, 5.41) is 14.5. The van der Waals surface area contributed by atoms with Crippen LogP contribution in [0.1, 0.15) is 5.82 Å². The summed E-state index contributed by atoms with van der Waals surface area (Å²) in [4.78, 5) is 4.09. The van der Waals surface area contributed by atoms with E-state index in [0.29, 0.717) is 19.0 Å². The summed E-state index contributed by atoms with van der Waals surface area (Å²) in [6.45, 7) is 4.87. The van der Waals surface area contributed by atoms with E-state index < -0.39 is 0 Å². The number of fused-ring (bicyclic) bond motifs is 1. The van der Waals surface area contributed by atoms with E-state index in [1.807, 2.05) is 28.8 Å². The van der Waals surface area contributed by atoms with Crippen LogP contribution in [0.15, 0.2) is 42.0 Å². The van der Waals surface area contributed by atoms with Crippen molar-refractivity contribution >= 4 is 11.6 Å². The Bertz CT molecular complexity index is 556. The van der Waals surface area contributed by atoms with Gasteiger partial charge >= 0.3 is 0 Å². The van der Waals surface area contributed by atoms with Gasteiger partial charge in [0, 0.05) is 19.8 Å². The lowest BCUT2D eigenvalue weighted by molar-refractivity contribution is 0.779. The fraction of sp³-hybridized carbons (Fsp3) is 0.250. The predicted octanol–water partition coefficient (Wildman–Crippen LogP) is 0.580. The summed E-state index contributed by atoms with van der Waals surface area (Å²) in [6, 6.07) is 5.80. The van der Waals surface area contributed by atoms with Crippen LogP contribution in [0.2, 0.25) is 0 Å². The number of guanidine groups is 1. The van der Waals surface area contributed by atoms with E-state index in [-0.39, 0.29) is 0 Å². The Hall–Kier alpha value is -2.37. The fourth-order valence-corrected chi connectivity index (χ4v) is 1.56. The fourth-order valence-electron chi connectivity index (χ4n) is 1.56. The molecule has 2 rings (SSSR count). The van der Waals surface area contributed by atoms with Gasteiger partial charge in [-0.15, -0.1) is 16.8 Å². The van der Waals surface area contributed by atoms with Crippen LogP contribution < -0.4 is 10.6 Å². The van der Waals surface area contributed by atoms with Crippen LogP contribution >= 0.6 is 0 Å². The molecule has 0 spiro atoms. The molecule has 0 saturated carbocycles. The number of nitrogens with one attached hydrogen (secondary N) is 2. The first-order valence-electron chi connectivity index (χ1n) is 5.69. The number of hydrogen-bond donors (Lipinski definition) is 2. The lowest BCUT2D eigenvalue weighted by Gasteiger charge is -2.09. The maximum atomic E-state index is 4.13. The topological polar surface area (TPSA) is 66.6 Å². The first kappa shape index (κ1) is 12.1. The molecular weight excluding hydrogens is 228 g/mol. The van der Waals surface area contributed by atoms with Gasteiger partial charge in [0.2, 0.25) is 0 Å². The summed E-state index contributed by atoms with van der Waals surface area (Å²) >= 11 is 0. The second kappa shape index (κ2) is 5.81. The lowest BCUT2D eigenvalue weighted by Crippen LogP contribution is -2.37. The Kier molecular flexibility index (Phi) is 3.90. The number of aromatic nitrogens is 3. The van der Waals surface area contributed by atoms with Crippen molar-refractivity contribution in [3.8, 4) is 0 Å². The Morgan fingerprint density at radius 1 is 1.44 bits per heavy atom. The SMILES string of the molecule is C=CCNC(=NC)NCc1nnc2ccccn12. The van der Waals surface area contributed by atoms with Crippen molar-refractivity contribution in [2.24, 2.45) is 4.99 Å². The standard InChI is InChI=1S/C12H16N6/c1-3-7-14-12(13-2)15-9-11-17-16-10-6-4-5-8-18(10)11/h3-6,8H,1,7,9H2,2H3,(H2,13,14,15). The van der Waals surface area contributed by atoms with Crippen LogP contribution in [0.4, 0.5) is 0 Å². The van der Waals surface area contributed by atoms with E-state index in [0.717, 1.165) is 11.5 Å². The molecule has 0 bridgehead atoms. The summed E-state index contributed by atoms with van der Waals surface area (Å²) in [5.41, 5.74) is 0.836. The zero-order valence-electron chi connectivity index (χ0n) is 10.3. The maximum Gasteiger partial charge on any atom is 0.191 e. The zero-order valence-corrected chi connectivity index (χ0v) is 10.3. The highest BCUT2D eigenvalue weighted by molar-refractivity contribution is 5.79. The number of rotatable bonds is 4. The van der Waals surface area contributed by atoms with E-state index in [2.05, 4.69) is 32.4 Å². The van der Waals surface area contributed by atoms with Crippen molar-refractivity contribution in [2.45, 2.75) is 6.54 Å². The van der Waals surface area contributed by atoms with Gasteiger partial charge in [0.1, 0.15) is 0 Å². The molecule has 0 atom stereocenters. The molecule has 0 aliphatic rings. The highest BCUT2D eigenvalue weighted by atomic mass is 15.3. The molecule has 2 aromatic rings. The normalized spacial score (nSPS) is 11.5. The van der Waals surface area contributed by atoms with Gasteiger partial charge in [-0.1, -0.05) is 12.1 Å². The van der Waals surface area contributed by atoms with E-state index >= 15 is 0 Å². The minimum Gasteiger partial charge on any atom is -0.353 e. The lowest BCUT2D eigenvalue weighted by atomic mass is 10.4. The van der Waals surface area contributed by atoms with Gasteiger partial charge in [-0.2, -0.15) is 0 Å². The molecule has 18 heavy (non-hydrogen) atoms. The van der Waals surface area contributed by atoms with E-state index in [9.17, 15) is 0 Å². The van der Waals surface area contributed by atoms with Crippen molar-refractivity contribution in [2.75, 3.05) is 13.6 Å². The van der Waals surface area contributed by atoms with Crippen LogP contribution in [-0.2, 0) is 6.54 Å². The summed E-state index contributed by atoms with van der Waals surface area (Å²) in [7, 11) is 1.72. The molecule has 94 valence electrons. The van der Waals surface area contributed by atoms with Gasteiger partial charge in [0.25, 0.3) is 0 Å². The van der Waals surface area contributed by atoms with Gasteiger partial charge in [0.05, 0.1) is 6.54 Å². The smallest absolute Gasteiger partial charge is 0.191 e. The average Bonchev–Trinajstić information content (AvgIpc) is 2.82. The third kappa shape index (κ3) is 2.65. The highest BCUT2D eigenvalue weighted by Crippen LogP contribution is 2.01. The molecule has 0 fully saturated rings. The van der Waals surface area contributed by atoms with Gasteiger partial charge in [-0.05, 0) is 12.1 Å². The Morgan fingerprint density at radius 3 is 3.11 bits per heavy atom. The molecule has 6 heteroatoms. The molecule has 0 amide bonds. The molecule has 2 N–H and O–H groups in total. The van der Waals surface area contributed by atoms with Gasteiger partial charge in [-0.3, -0.25) is 9.39 Å². The highest BCUT2D eigenvalue weighted by Gasteiger charge is 2.04.